The van der Waals surface area contributed by atoms with E-state index in [1.807, 2.05) is 4.52 Å². The first-order valence-corrected chi connectivity index (χ1v) is 16.9. The highest BCUT2D eigenvalue weighted by molar-refractivity contribution is 7.18. The molecule has 3 N–H and O–H groups in total. The average Bonchev–Trinajstić information content (AvgIpc) is 3.72. The molecule has 1 aliphatic carbocycles. The fourth-order valence-corrected chi connectivity index (χ4v) is 8.93. The zero-order valence-corrected chi connectivity index (χ0v) is 25.4. The van der Waals surface area contributed by atoms with E-state index >= 15 is 0 Å². The van der Waals surface area contributed by atoms with E-state index in [4.69, 9.17) is 15.8 Å². The van der Waals surface area contributed by atoms with Crippen LogP contribution in [0.4, 0.5) is 10.8 Å². The molecule has 1 amide bonds. The van der Waals surface area contributed by atoms with Crippen LogP contribution in [0, 0.1) is 6.92 Å². The summed E-state index contributed by atoms with van der Waals surface area (Å²) in [6.45, 7) is 4.66. The number of fused-ring (bicyclic) bond motifs is 2. The van der Waals surface area contributed by atoms with Gasteiger partial charge >= 0.3 is 0 Å². The SMILES string of the molecule is Cc1cn2nc([C@@H]3CCCCN3C(=O)c3cc4c(s3)NC3(CCCCCCCC3)CC4)cc2nc1N1CC[C@H](N)C1. The van der Waals surface area contributed by atoms with Crippen molar-refractivity contribution in [1.29, 1.82) is 0 Å². The number of nitrogens with one attached hydrogen (secondary N) is 1. The van der Waals surface area contributed by atoms with Crippen LogP contribution in [0.15, 0.2) is 18.3 Å². The highest BCUT2D eigenvalue weighted by Crippen LogP contribution is 2.43. The highest BCUT2D eigenvalue weighted by Gasteiger charge is 2.37. The second-order valence-corrected chi connectivity index (χ2v) is 14.2. The van der Waals surface area contributed by atoms with Gasteiger partial charge in [-0.25, -0.2) is 9.50 Å². The Kier molecular flexibility index (Phi) is 7.44. The van der Waals surface area contributed by atoms with E-state index in [0.717, 1.165) is 79.3 Å². The minimum absolute atomic E-state index is 0.0188. The molecule has 3 aliphatic heterocycles. The van der Waals surface area contributed by atoms with E-state index in [-0.39, 0.29) is 23.5 Å². The molecule has 2 atom stereocenters. The number of hydrogen-bond acceptors (Lipinski definition) is 7. The van der Waals surface area contributed by atoms with Crippen molar-refractivity contribution in [2.45, 2.75) is 114 Å². The summed E-state index contributed by atoms with van der Waals surface area (Å²) in [6.07, 6.45) is 19.1. The zero-order chi connectivity index (χ0) is 28.0. The van der Waals surface area contributed by atoms with Gasteiger partial charge in [0.15, 0.2) is 5.65 Å². The number of aryl methyl sites for hydroxylation is 2. The van der Waals surface area contributed by atoms with Crippen molar-refractivity contribution in [2.75, 3.05) is 29.9 Å². The molecule has 4 aliphatic rings. The Morgan fingerprint density at radius 3 is 2.61 bits per heavy atom. The lowest BCUT2D eigenvalue weighted by molar-refractivity contribution is 0.0610. The van der Waals surface area contributed by atoms with Crippen LogP contribution in [0.1, 0.15) is 116 Å². The third kappa shape index (κ3) is 5.36. The van der Waals surface area contributed by atoms with Crippen LogP contribution >= 0.6 is 11.3 Å². The van der Waals surface area contributed by atoms with Crippen molar-refractivity contribution < 1.29 is 4.79 Å². The molecule has 6 heterocycles. The van der Waals surface area contributed by atoms with Crippen LogP contribution < -0.4 is 16.0 Å². The van der Waals surface area contributed by atoms with E-state index in [9.17, 15) is 4.79 Å². The second-order valence-electron chi connectivity index (χ2n) is 13.1. The number of hydrogen-bond donors (Lipinski definition) is 2. The number of amides is 1. The minimum Gasteiger partial charge on any atom is -0.371 e. The maximum absolute atomic E-state index is 14.1. The predicted octanol–water partition coefficient (Wildman–Crippen LogP) is 6.24. The standard InChI is InChI=1S/C32H45N7OS/c1-22-20-39-28(34-29(22)37-17-12-24(33)21-37)19-25(36-39)26-10-6-9-16-38(26)31(40)27-18-23-11-15-32(35-30(23)41-27)13-7-4-2-3-5-8-14-32/h18-20,24,26,35H,2-17,21,33H2,1H3/t24-,26-/m0/s1. The Morgan fingerprint density at radius 1 is 1.02 bits per heavy atom. The molecule has 0 bridgehead atoms. The van der Waals surface area contributed by atoms with Gasteiger partial charge in [0.1, 0.15) is 5.82 Å². The number of nitrogens with zero attached hydrogens (tertiary/aromatic N) is 5. The second kappa shape index (κ2) is 11.2. The molecule has 3 aromatic rings. The summed E-state index contributed by atoms with van der Waals surface area (Å²) < 4.78 is 1.89. The maximum atomic E-state index is 14.1. The van der Waals surface area contributed by atoms with Gasteiger partial charge in [-0.15, -0.1) is 11.3 Å². The molecule has 3 aromatic heterocycles. The summed E-state index contributed by atoms with van der Waals surface area (Å²) in [5.41, 5.74) is 10.6. The van der Waals surface area contributed by atoms with Gasteiger partial charge < -0.3 is 20.9 Å². The lowest BCUT2D eigenvalue weighted by Gasteiger charge is -2.39. The molecule has 220 valence electrons. The molecule has 8 nitrogen and oxygen atoms in total. The molecule has 0 radical (unpaired) electrons. The normalized spacial score (nSPS) is 25.0. The monoisotopic (exact) mass is 575 g/mol. The first-order chi connectivity index (χ1) is 20.0. The lowest BCUT2D eigenvalue weighted by Crippen LogP contribution is -2.41. The molecule has 7 rings (SSSR count). The van der Waals surface area contributed by atoms with Crippen LogP contribution in [-0.2, 0) is 6.42 Å². The van der Waals surface area contributed by atoms with Gasteiger partial charge in [0, 0.05) is 49.0 Å². The number of rotatable bonds is 3. The maximum Gasteiger partial charge on any atom is 0.264 e. The number of thiophene rings is 1. The fraction of sp³-hybridized carbons (Fsp3) is 0.656. The van der Waals surface area contributed by atoms with Crippen molar-refractivity contribution in [2.24, 2.45) is 5.73 Å². The number of carbonyl (C=O) groups excluding carboxylic acids is 1. The van der Waals surface area contributed by atoms with Crippen molar-refractivity contribution in [1.82, 2.24) is 19.5 Å². The number of nitrogens with two attached hydrogens (primary N) is 1. The van der Waals surface area contributed by atoms with Gasteiger partial charge in [-0.05, 0) is 69.9 Å². The first kappa shape index (κ1) is 27.2. The topological polar surface area (TPSA) is 91.8 Å². The van der Waals surface area contributed by atoms with Crippen molar-refractivity contribution >= 4 is 33.7 Å². The van der Waals surface area contributed by atoms with Crippen molar-refractivity contribution in [3.63, 3.8) is 0 Å². The van der Waals surface area contributed by atoms with Crippen LogP contribution in [-0.4, -0.2) is 56.6 Å². The highest BCUT2D eigenvalue weighted by atomic mass is 32.1. The summed E-state index contributed by atoms with van der Waals surface area (Å²) >= 11 is 1.69. The van der Waals surface area contributed by atoms with E-state index in [1.54, 1.807) is 11.3 Å². The first-order valence-electron chi connectivity index (χ1n) is 16.1. The fourth-order valence-electron chi connectivity index (χ4n) is 7.74. The summed E-state index contributed by atoms with van der Waals surface area (Å²) in [4.78, 5) is 24.3. The molecule has 0 aromatic carbocycles. The van der Waals surface area contributed by atoms with E-state index < -0.39 is 0 Å². The Labute approximate surface area is 247 Å². The molecule has 3 fully saturated rings. The summed E-state index contributed by atoms with van der Waals surface area (Å²) in [5.74, 6) is 1.16. The Bertz CT molecular complexity index is 1400. The van der Waals surface area contributed by atoms with E-state index in [1.165, 1.54) is 68.4 Å². The number of anilines is 2. The third-order valence-corrected chi connectivity index (χ3v) is 11.2. The summed E-state index contributed by atoms with van der Waals surface area (Å²) in [7, 11) is 0. The molecule has 9 heteroatoms. The molecular weight excluding hydrogens is 530 g/mol. The number of piperidine rings is 1. The van der Waals surface area contributed by atoms with Crippen molar-refractivity contribution in [3.05, 3.63) is 40.0 Å². The van der Waals surface area contributed by atoms with Crippen LogP contribution in [0.25, 0.3) is 5.65 Å². The van der Waals surface area contributed by atoms with E-state index in [2.05, 4.69) is 40.4 Å². The third-order valence-electron chi connectivity index (χ3n) is 10.1. The zero-order valence-electron chi connectivity index (χ0n) is 24.5. The number of aromatic nitrogens is 3. The molecule has 0 unspecified atom stereocenters. The molecule has 41 heavy (non-hydrogen) atoms. The van der Waals surface area contributed by atoms with Gasteiger partial charge in [-0.3, -0.25) is 4.79 Å². The lowest BCUT2D eigenvalue weighted by atomic mass is 9.80. The Hall–Kier alpha value is -2.65. The minimum atomic E-state index is -0.0188. The number of carbonyl (C=O) groups is 1. The largest absolute Gasteiger partial charge is 0.371 e. The molecule has 2 saturated heterocycles. The molecular formula is C32H45N7OS. The molecule has 1 saturated carbocycles. The van der Waals surface area contributed by atoms with Gasteiger partial charge in [-0.1, -0.05) is 38.5 Å². The summed E-state index contributed by atoms with van der Waals surface area (Å²) in [6, 6.07) is 4.47. The number of likely N-dealkylation sites (tertiary alicyclic amines) is 1. The quantitative estimate of drug-likeness (QED) is 0.384. The van der Waals surface area contributed by atoms with Crippen molar-refractivity contribution in [3.8, 4) is 0 Å². The van der Waals surface area contributed by atoms with Crippen LogP contribution in [0.3, 0.4) is 0 Å². The Morgan fingerprint density at radius 2 is 1.83 bits per heavy atom. The predicted molar refractivity (Wildman–Crippen MR) is 166 cm³/mol. The van der Waals surface area contributed by atoms with Gasteiger partial charge in [0.05, 0.1) is 21.6 Å². The van der Waals surface area contributed by atoms with E-state index in [0.29, 0.717) is 0 Å². The van der Waals surface area contributed by atoms with Gasteiger partial charge in [-0.2, -0.15) is 5.10 Å². The summed E-state index contributed by atoms with van der Waals surface area (Å²) in [5, 5.41) is 10.2. The van der Waals surface area contributed by atoms with Crippen LogP contribution in [0.5, 0.6) is 0 Å². The van der Waals surface area contributed by atoms with Gasteiger partial charge in [0.2, 0.25) is 0 Å². The van der Waals surface area contributed by atoms with Gasteiger partial charge in [0.25, 0.3) is 5.91 Å². The average molecular weight is 576 g/mol. The van der Waals surface area contributed by atoms with Crippen LogP contribution in [0.2, 0.25) is 0 Å². The Balaban J connectivity index is 1.12. The molecule has 1 spiro atoms. The smallest absolute Gasteiger partial charge is 0.264 e.